The molecule has 3 heteroatoms. The molecule has 124 valence electrons. The molecule has 0 rings (SSSR count). The molecule has 0 aliphatic carbocycles. The molecule has 0 amide bonds. The number of Topliss-reactive ketones (excluding diaryl/α,β-unsaturated/α-hetero) is 1. The fraction of sp³-hybridized carbons (Fsp3) is 0.889. The van der Waals surface area contributed by atoms with Crippen LogP contribution in [0.15, 0.2) is 0 Å². The molecule has 0 spiro atoms. The normalized spacial score (nSPS) is 14.6. The van der Waals surface area contributed by atoms with Gasteiger partial charge < -0.3 is 4.74 Å². The number of esters is 1. The number of ether oxygens (including phenoxy) is 1. The van der Waals surface area contributed by atoms with Crippen molar-refractivity contribution in [3.63, 3.8) is 0 Å². The van der Waals surface area contributed by atoms with Crippen LogP contribution in [0.5, 0.6) is 0 Å². The summed E-state index contributed by atoms with van der Waals surface area (Å²) < 4.78 is 5.41. The van der Waals surface area contributed by atoms with E-state index < -0.39 is 0 Å². The van der Waals surface area contributed by atoms with E-state index in [1.807, 2.05) is 20.8 Å². The highest BCUT2D eigenvalue weighted by Crippen LogP contribution is 2.30. The first-order chi connectivity index (χ1) is 9.68. The van der Waals surface area contributed by atoms with Crippen LogP contribution in [-0.2, 0) is 14.3 Å². The summed E-state index contributed by atoms with van der Waals surface area (Å²) in [5.41, 5.74) is 0. The molecule has 0 radical (unpaired) electrons. The first-order valence-corrected chi connectivity index (χ1v) is 8.42. The second kappa shape index (κ2) is 9.97. The highest BCUT2D eigenvalue weighted by Gasteiger charge is 2.35. The first-order valence-electron chi connectivity index (χ1n) is 8.42. The van der Waals surface area contributed by atoms with Gasteiger partial charge in [0.1, 0.15) is 5.78 Å². The predicted octanol–water partition coefficient (Wildman–Crippen LogP) is 4.63. The molecule has 2 unspecified atom stereocenters. The van der Waals surface area contributed by atoms with E-state index in [-0.39, 0.29) is 29.7 Å². The van der Waals surface area contributed by atoms with Gasteiger partial charge in [-0.05, 0) is 44.9 Å². The smallest absolute Gasteiger partial charge is 0.309 e. The van der Waals surface area contributed by atoms with Crippen LogP contribution in [0.2, 0.25) is 0 Å². The van der Waals surface area contributed by atoms with Gasteiger partial charge in [-0.2, -0.15) is 0 Å². The summed E-state index contributed by atoms with van der Waals surface area (Å²) in [6, 6.07) is 0. The Balaban J connectivity index is 5.23. The van der Waals surface area contributed by atoms with E-state index in [0.29, 0.717) is 18.3 Å². The summed E-state index contributed by atoms with van der Waals surface area (Å²) in [6.45, 7) is 14.1. The summed E-state index contributed by atoms with van der Waals surface area (Å²) >= 11 is 0. The van der Waals surface area contributed by atoms with Crippen molar-refractivity contribution in [3.05, 3.63) is 0 Å². The number of hydrogen-bond acceptors (Lipinski definition) is 3. The lowest BCUT2D eigenvalue weighted by molar-refractivity contribution is -0.157. The molecule has 0 aliphatic heterocycles. The van der Waals surface area contributed by atoms with Gasteiger partial charge in [-0.25, -0.2) is 0 Å². The highest BCUT2D eigenvalue weighted by molar-refractivity contribution is 5.86. The highest BCUT2D eigenvalue weighted by atomic mass is 16.5. The molecule has 0 saturated carbocycles. The number of hydrogen-bond donors (Lipinski definition) is 0. The van der Waals surface area contributed by atoms with Crippen LogP contribution in [0, 0.1) is 23.7 Å². The van der Waals surface area contributed by atoms with E-state index in [9.17, 15) is 9.59 Å². The van der Waals surface area contributed by atoms with Crippen LogP contribution < -0.4 is 0 Å². The van der Waals surface area contributed by atoms with Crippen molar-refractivity contribution >= 4 is 11.8 Å². The summed E-state index contributed by atoms with van der Waals surface area (Å²) in [6.07, 6.45) is 2.75. The quantitative estimate of drug-likeness (QED) is 0.552. The molecule has 0 N–H and O–H groups in total. The molecule has 0 aliphatic rings. The maximum atomic E-state index is 12.5. The minimum absolute atomic E-state index is 0.131. The van der Waals surface area contributed by atoms with Gasteiger partial charge >= 0.3 is 5.97 Å². The zero-order valence-electron chi connectivity index (χ0n) is 14.9. The zero-order chi connectivity index (χ0) is 16.6. The third-order valence-electron chi connectivity index (χ3n) is 3.50. The van der Waals surface area contributed by atoms with Gasteiger partial charge in [0.15, 0.2) is 0 Å². The van der Waals surface area contributed by atoms with Gasteiger partial charge in [-0.1, -0.05) is 34.6 Å². The topological polar surface area (TPSA) is 43.4 Å². The standard InChI is InChI=1S/C18H34O3/c1-8-9-17(19)15(10-12(2)3)16(11-13(4)5)18(20)21-14(6)7/h12-16H,8-11H2,1-7H3. The van der Waals surface area contributed by atoms with Crippen LogP contribution in [0.4, 0.5) is 0 Å². The summed E-state index contributed by atoms with van der Waals surface area (Å²) in [4.78, 5) is 24.9. The molecule has 0 bridgehead atoms. The van der Waals surface area contributed by atoms with E-state index in [4.69, 9.17) is 4.74 Å². The van der Waals surface area contributed by atoms with Crippen LogP contribution in [0.3, 0.4) is 0 Å². The Kier molecular flexibility index (Phi) is 9.56. The van der Waals surface area contributed by atoms with Crippen molar-refractivity contribution in [2.75, 3.05) is 0 Å². The van der Waals surface area contributed by atoms with Crippen LogP contribution in [-0.4, -0.2) is 17.9 Å². The Morgan fingerprint density at radius 3 is 1.71 bits per heavy atom. The Morgan fingerprint density at radius 2 is 1.33 bits per heavy atom. The lowest BCUT2D eigenvalue weighted by Crippen LogP contribution is -2.34. The molecule has 0 aromatic carbocycles. The molecule has 2 atom stereocenters. The van der Waals surface area contributed by atoms with Gasteiger partial charge in [0, 0.05) is 12.3 Å². The number of carbonyl (C=O) groups excluding carboxylic acids is 2. The van der Waals surface area contributed by atoms with E-state index in [2.05, 4.69) is 27.7 Å². The van der Waals surface area contributed by atoms with E-state index >= 15 is 0 Å². The minimum atomic E-state index is -0.297. The van der Waals surface area contributed by atoms with Crippen molar-refractivity contribution in [1.82, 2.24) is 0 Å². The monoisotopic (exact) mass is 298 g/mol. The molecule has 0 fully saturated rings. The molecule has 0 saturated heterocycles. The molecule has 0 aromatic heterocycles. The average Bonchev–Trinajstić information content (AvgIpc) is 2.32. The van der Waals surface area contributed by atoms with Crippen molar-refractivity contribution in [2.45, 2.75) is 80.3 Å². The molecule has 21 heavy (non-hydrogen) atoms. The lowest BCUT2D eigenvalue weighted by atomic mass is 9.77. The first kappa shape index (κ1) is 20.1. The van der Waals surface area contributed by atoms with Crippen LogP contribution >= 0.6 is 0 Å². The molecule has 0 aromatic rings. The third kappa shape index (κ3) is 8.23. The summed E-state index contributed by atoms with van der Waals surface area (Å²) in [7, 11) is 0. The second-order valence-corrected chi connectivity index (χ2v) is 7.17. The van der Waals surface area contributed by atoms with Gasteiger partial charge in [0.05, 0.1) is 12.0 Å². The SMILES string of the molecule is CCCC(=O)C(CC(C)C)C(CC(C)C)C(=O)OC(C)C. The number of rotatable bonds is 10. The molecular formula is C18H34O3. The lowest BCUT2D eigenvalue weighted by Gasteiger charge is -2.28. The molecule has 0 heterocycles. The Bertz CT molecular complexity index is 318. The Labute approximate surface area is 130 Å². The van der Waals surface area contributed by atoms with E-state index in [1.54, 1.807) is 0 Å². The van der Waals surface area contributed by atoms with Crippen molar-refractivity contribution in [3.8, 4) is 0 Å². The number of carbonyl (C=O) groups is 2. The minimum Gasteiger partial charge on any atom is -0.463 e. The van der Waals surface area contributed by atoms with Gasteiger partial charge in [-0.3, -0.25) is 9.59 Å². The average molecular weight is 298 g/mol. The van der Waals surface area contributed by atoms with Crippen molar-refractivity contribution < 1.29 is 14.3 Å². The van der Waals surface area contributed by atoms with Crippen molar-refractivity contribution in [2.24, 2.45) is 23.7 Å². The molecule has 3 nitrogen and oxygen atoms in total. The van der Waals surface area contributed by atoms with E-state index in [1.165, 1.54) is 0 Å². The maximum absolute atomic E-state index is 12.5. The third-order valence-corrected chi connectivity index (χ3v) is 3.50. The van der Waals surface area contributed by atoms with Gasteiger partial charge in [0.25, 0.3) is 0 Å². The predicted molar refractivity (Wildman–Crippen MR) is 87.0 cm³/mol. The summed E-state index contributed by atoms with van der Waals surface area (Å²) in [5.74, 6) is 0.301. The number of ketones is 1. The summed E-state index contributed by atoms with van der Waals surface area (Å²) in [5, 5.41) is 0. The van der Waals surface area contributed by atoms with Crippen LogP contribution in [0.1, 0.15) is 74.1 Å². The fourth-order valence-electron chi connectivity index (χ4n) is 2.71. The molecular weight excluding hydrogens is 264 g/mol. The second-order valence-electron chi connectivity index (χ2n) is 7.17. The van der Waals surface area contributed by atoms with Gasteiger partial charge in [0.2, 0.25) is 0 Å². The Morgan fingerprint density at radius 1 is 0.857 bits per heavy atom. The van der Waals surface area contributed by atoms with Crippen molar-refractivity contribution in [1.29, 1.82) is 0 Å². The largest absolute Gasteiger partial charge is 0.463 e. The van der Waals surface area contributed by atoms with Gasteiger partial charge in [-0.15, -0.1) is 0 Å². The maximum Gasteiger partial charge on any atom is 0.309 e. The van der Waals surface area contributed by atoms with E-state index in [0.717, 1.165) is 19.3 Å². The fourth-order valence-corrected chi connectivity index (χ4v) is 2.71. The Hall–Kier alpha value is -0.860. The van der Waals surface area contributed by atoms with Crippen LogP contribution in [0.25, 0.3) is 0 Å². The zero-order valence-corrected chi connectivity index (χ0v) is 14.9.